The number of rotatable bonds is 1. The Morgan fingerprint density at radius 1 is 1.07 bits per heavy atom. The lowest BCUT2D eigenvalue weighted by Crippen LogP contribution is -1.92. The van der Waals surface area contributed by atoms with Gasteiger partial charge in [0.15, 0.2) is 0 Å². The maximum absolute atomic E-state index is 2.28. The van der Waals surface area contributed by atoms with Crippen LogP contribution in [0.4, 0.5) is 0 Å². The topological polar surface area (TPSA) is 0 Å². The summed E-state index contributed by atoms with van der Waals surface area (Å²) in [5, 5.41) is 2.78. The van der Waals surface area contributed by atoms with Crippen LogP contribution in [-0.4, -0.2) is 0 Å². The zero-order chi connectivity index (χ0) is 10.1. The zero-order valence-electron chi connectivity index (χ0n) is 9.09. The molecule has 0 spiro atoms. The predicted octanol–water partition coefficient (Wildman–Crippen LogP) is 4.02. The minimum absolute atomic E-state index is 1.12. The average Bonchev–Trinajstić information content (AvgIpc) is 2.20. The number of benzene rings is 2. The summed E-state index contributed by atoms with van der Waals surface area (Å²) >= 11 is 0. The van der Waals surface area contributed by atoms with Gasteiger partial charge in [0.1, 0.15) is 0 Å². The summed E-state index contributed by atoms with van der Waals surface area (Å²) in [5.41, 5.74) is 4.35. The second-order valence-electron chi connectivity index (χ2n) is 3.87. The molecule has 0 aromatic heterocycles. The van der Waals surface area contributed by atoms with Gasteiger partial charge in [-0.2, -0.15) is 0 Å². The third-order valence-corrected chi connectivity index (χ3v) is 3.06. The summed E-state index contributed by atoms with van der Waals surface area (Å²) < 4.78 is 0. The molecule has 0 nitrogen and oxygen atoms in total. The van der Waals surface area contributed by atoms with E-state index >= 15 is 0 Å². The van der Waals surface area contributed by atoms with Crippen molar-refractivity contribution in [2.45, 2.75) is 27.2 Å². The van der Waals surface area contributed by atoms with E-state index in [9.17, 15) is 0 Å². The van der Waals surface area contributed by atoms with Crippen LogP contribution in [0.2, 0.25) is 0 Å². The molecular weight excluding hydrogens is 168 g/mol. The Balaban J connectivity index is 2.89. The maximum atomic E-state index is 2.28. The van der Waals surface area contributed by atoms with Crippen molar-refractivity contribution in [1.29, 1.82) is 0 Å². The lowest BCUT2D eigenvalue weighted by Gasteiger charge is -2.11. The van der Waals surface area contributed by atoms with E-state index in [0.717, 1.165) is 6.42 Å². The number of hydrogen-bond acceptors (Lipinski definition) is 0. The number of fused-ring (bicyclic) bond motifs is 1. The Morgan fingerprint density at radius 3 is 2.50 bits per heavy atom. The zero-order valence-corrected chi connectivity index (χ0v) is 9.09. The van der Waals surface area contributed by atoms with Crippen molar-refractivity contribution in [2.24, 2.45) is 0 Å². The normalized spacial score (nSPS) is 10.8. The highest BCUT2D eigenvalue weighted by Crippen LogP contribution is 2.25. The molecule has 0 N–H and O–H groups in total. The number of aryl methyl sites for hydroxylation is 2. The molecule has 0 aliphatic heterocycles. The Kier molecular flexibility index (Phi) is 2.28. The maximum Gasteiger partial charge on any atom is -0.0149 e. The molecule has 2 aromatic rings. The smallest absolute Gasteiger partial charge is 0.0149 e. The van der Waals surface area contributed by atoms with E-state index in [4.69, 9.17) is 0 Å². The van der Waals surface area contributed by atoms with Crippen molar-refractivity contribution in [3.8, 4) is 0 Å². The van der Waals surface area contributed by atoms with Gasteiger partial charge < -0.3 is 0 Å². The summed E-state index contributed by atoms with van der Waals surface area (Å²) in [5.74, 6) is 0. The molecule has 14 heavy (non-hydrogen) atoms. The summed E-state index contributed by atoms with van der Waals surface area (Å²) in [6, 6.07) is 10.9. The molecule has 0 saturated heterocycles. The third-order valence-electron chi connectivity index (χ3n) is 3.06. The lowest BCUT2D eigenvalue weighted by atomic mass is 9.94. The first-order valence-corrected chi connectivity index (χ1v) is 5.22. The fourth-order valence-corrected chi connectivity index (χ4v) is 2.13. The molecule has 0 atom stereocenters. The summed E-state index contributed by atoms with van der Waals surface area (Å²) in [4.78, 5) is 0. The molecule has 0 aliphatic rings. The molecule has 0 aliphatic carbocycles. The third kappa shape index (κ3) is 1.31. The van der Waals surface area contributed by atoms with Gasteiger partial charge in [0.05, 0.1) is 0 Å². The van der Waals surface area contributed by atoms with Crippen LogP contribution in [0.3, 0.4) is 0 Å². The van der Waals surface area contributed by atoms with Crippen LogP contribution >= 0.6 is 0 Å². The van der Waals surface area contributed by atoms with E-state index in [0.29, 0.717) is 0 Å². The van der Waals surface area contributed by atoms with Crippen molar-refractivity contribution in [1.82, 2.24) is 0 Å². The van der Waals surface area contributed by atoms with Crippen molar-refractivity contribution < 1.29 is 0 Å². The molecule has 0 fully saturated rings. The molecular formula is C14H16. The summed E-state index contributed by atoms with van der Waals surface area (Å²) in [7, 11) is 0. The van der Waals surface area contributed by atoms with E-state index in [1.165, 1.54) is 27.5 Å². The average molecular weight is 184 g/mol. The van der Waals surface area contributed by atoms with Gasteiger partial charge in [0.25, 0.3) is 0 Å². The van der Waals surface area contributed by atoms with Gasteiger partial charge in [-0.15, -0.1) is 0 Å². The highest BCUT2D eigenvalue weighted by Gasteiger charge is 2.04. The first kappa shape index (κ1) is 9.26. The highest BCUT2D eigenvalue weighted by atomic mass is 14.1. The van der Waals surface area contributed by atoms with Crippen molar-refractivity contribution >= 4 is 10.8 Å². The molecule has 0 radical (unpaired) electrons. The number of hydrogen-bond donors (Lipinski definition) is 0. The van der Waals surface area contributed by atoms with Gasteiger partial charge in [0.2, 0.25) is 0 Å². The van der Waals surface area contributed by atoms with Crippen LogP contribution in [-0.2, 0) is 6.42 Å². The standard InChI is InChI=1S/C14H16/c1-4-13-11(3)10(2)9-12-7-5-6-8-14(12)13/h5-9H,4H2,1-3H3. The van der Waals surface area contributed by atoms with Crippen LogP contribution in [0.1, 0.15) is 23.6 Å². The Morgan fingerprint density at radius 2 is 1.79 bits per heavy atom. The minimum atomic E-state index is 1.12. The van der Waals surface area contributed by atoms with E-state index in [-0.39, 0.29) is 0 Å². The minimum Gasteiger partial charge on any atom is -0.0616 e. The van der Waals surface area contributed by atoms with Crippen LogP contribution in [0, 0.1) is 13.8 Å². The second kappa shape index (κ2) is 3.45. The van der Waals surface area contributed by atoms with Crippen LogP contribution < -0.4 is 0 Å². The molecule has 2 rings (SSSR count). The van der Waals surface area contributed by atoms with Gasteiger partial charge in [-0.05, 0) is 47.7 Å². The largest absolute Gasteiger partial charge is 0.0616 e. The lowest BCUT2D eigenvalue weighted by molar-refractivity contribution is 1.12. The van der Waals surface area contributed by atoms with Gasteiger partial charge in [-0.1, -0.05) is 37.3 Å². The fraction of sp³-hybridized carbons (Fsp3) is 0.286. The Hall–Kier alpha value is -1.30. The predicted molar refractivity (Wildman–Crippen MR) is 62.8 cm³/mol. The van der Waals surface area contributed by atoms with Crippen LogP contribution in [0.15, 0.2) is 30.3 Å². The van der Waals surface area contributed by atoms with Crippen molar-refractivity contribution in [3.05, 3.63) is 47.0 Å². The van der Waals surface area contributed by atoms with Gasteiger partial charge in [0, 0.05) is 0 Å². The van der Waals surface area contributed by atoms with Gasteiger partial charge >= 0.3 is 0 Å². The van der Waals surface area contributed by atoms with E-state index in [1.807, 2.05) is 0 Å². The van der Waals surface area contributed by atoms with Crippen LogP contribution in [0.5, 0.6) is 0 Å². The second-order valence-corrected chi connectivity index (χ2v) is 3.87. The molecule has 0 saturated carbocycles. The first-order valence-electron chi connectivity index (χ1n) is 5.22. The fourth-order valence-electron chi connectivity index (χ4n) is 2.13. The molecule has 72 valence electrons. The van der Waals surface area contributed by atoms with E-state index < -0.39 is 0 Å². The molecule has 2 aromatic carbocycles. The monoisotopic (exact) mass is 184 g/mol. The quantitative estimate of drug-likeness (QED) is 0.628. The Bertz CT molecular complexity index is 467. The Labute approximate surface area is 85.6 Å². The SMILES string of the molecule is CCc1c(C)c(C)cc2ccccc12. The molecule has 0 unspecified atom stereocenters. The van der Waals surface area contributed by atoms with Crippen LogP contribution in [0.25, 0.3) is 10.8 Å². The van der Waals surface area contributed by atoms with Gasteiger partial charge in [-0.3, -0.25) is 0 Å². The van der Waals surface area contributed by atoms with E-state index in [1.54, 1.807) is 0 Å². The molecule has 0 heteroatoms. The van der Waals surface area contributed by atoms with Crippen molar-refractivity contribution in [2.75, 3.05) is 0 Å². The first-order chi connectivity index (χ1) is 6.74. The molecule has 0 amide bonds. The summed E-state index contributed by atoms with van der Waals surface area (Å²) in [6.07, 6.45) is 1.12. The van der Waals surface area contributed by atoms with Gasteiger partial charge in [-0.25, -0.2) is 0 Å². The van der Waals surface area contributed by atoms with Crippen molar-refractivity contribution in [3.63, 3.8) is 0 Å². The van der Waals surface area contributed by atoms with E-state index in [2.05, 4.69) is 51.1 Å². The summed E-state index contributed by atoms with van der Waals surface area (Å²) in [6.45, 7) is 6.65. The highest BCUT2D eigenvalue weighted by molar-refractivity contribution is 5.87. The molecule has 0 bridgehead atoms. The molecule has 0 heterocycles.